The molecule has 0 saturated carbocycles. The van der Waals surface area contributed by atoms with Crippen LogP contribution in [-0.4, -0.2) is 50.9 Å². The Hall–Kier alpha value is -2.22. The lowest BCUT2D eigenvalue weighted by molar-refractivity contribution is -0.901. The smallest absolute Gasteiger partial charge is 0.251 e. The minimum Gasteiger partial charge on any atom is -0.343 e. The zero-order valence-corrected chi connectivity index (χ0v) is 17.3. The summed E-state index contributed by atoms with van der Waals surface area (Å²) in [7, 11) is -3.44. The van der Waals surface area contributed by atoms with Crippen LogP contribution in [0.15, 0.2) is 59.5 Å². The first-order valence-electron chi connectivity index (χ1n) is 10.3. The van der Waals surface area contributed by atoms with E-state index in [1.54, 1.807) is 24.3 Å². The molecule has 2 heterocycles. The van der Waals surface area contributed by atoms with Gasteiger partial charge in [0.1, 0.15) is 6.54 Å². The number of sulfonamides is 1. The average molecular weight is 415 g/mol. The van der Waals surface area contributed by atoms with Crippen LogP contribution in [0.1, 0.15) is 35.2 Å². The molecule has 0 bridgehead atoms. The van der Waals surface area contributed by atoms with Gasteiger partial charge >= 0.3 is 0 Å². The van der Waals surface area contributed by atoms with E-state index in [-0.39, 0.29) is 16.8 Å². The van der Waals surface area contributed by atoms with E-state index in [9.17, 15) is 13.2 Å². The Morgan fingerprint density at radius 2 is 1.72 bits per heavy atom. The average Bonchev–Trinajstić information content (AvgIpc) is 3.42. The highest BCUT2D eigenvalue weighted by Crippen LogP contribution is 2.21. The molecule has 1 unspecified atom stereocenters. The van der Waals surface area contributed by atoms with E-state index < -0.39 is 10.0 Å². The largest absolute Gasteiger partial charge is 0.343 e. The van der Waals surface area contributed by atoms with E-state index in [0.717, 1.165) is 38.9 Å². The van der Waals surface area contributed by atoms with Crippen LogP contribution in [0.2, 0.25) is 0 Å². The van der Waals surface area contributed by atoms with Gasteiger partial charge in [-0.05, 0) is 37.1 Å². The third kappa shape index (κ3) is 4.69. The van der Waals surface area contributed by atoms with Crippen molar-refractivity contribution in [1.82, 2.24) is 9.62 Å². The van der Waals surface area contributed by atoms with E-state index in [4.69, 9.17) is 0 Å². The van der Waals surface area contributed by atoms with Gasteiger partial charge in [-0.3, -0.25) is 4.79 Å². The first kappa shape index (κ1) is 20.1. The molecule has 0 radical (unpaired) electrons. The standard InChI is InChI=1S/C22H27N3O3S/c26-22(23-20-12-15-24(17-20)16-18-6-2-1-3-7-18)19-8-10-21(11-9-19)29(27,28)25-13-4-5-14-25/h1-3,6-11,20H,4-5,12-17H2,(H,23,26)/p+1/t20-/m0/s1. The van der Waals surface area contributed by atoms with Crippen LogP contribution in [0, 0.1) is 0 Å². The van der Waals surface area contributed by atoms with Gasteiger partial charge in [-0.25, -0.2) is 8.42 Å². The fourth-order valence-corrected chi connectivity index (χ4v) is 5.74. The van der Waals surface area contributed by atoms with Gasteiger partial charge in [0.2, 0.25) is 10.0 Å². The molecular weight excluding hydrogens is 386 g/mol. The third-order valence-electron chi connectivity index (χ3n) is 5.83. The van der Waals surface area contributed by atoms with E-state index >= 15 is 0 Å². The van der Waals surface area contributed by atoms with Gasteiger partial charge in [0.25, 0.3) is 5.91 Å². The second-order valence-electron chi connectivity index (χ2n) is 7.96. The number of carbonyl (C=O) groups is 1. The van der Waals surface area contributed by atoms with Gasteiger partial charge < -0.3 is 10.2 Å². The van der Waals surface area contributed by atoms with Gasteiger partial charge in [-0.2, -0.15) is 4.31 Å². The van der Waals surface area contributed by atoms with Crippen LogP contribution >= 0.6 is 0 Å². The lowest BCUT2D eigenvalue weighted by atomic mass is 10.2. The highest BCUT2D eigenvalue weighted by Gasteiger charge is 2.29. The Balaban J connectivity index is 1.33. The molecule has 2 N–H and O–H groups in total. The molecule has 7 heteroatoms. The van der Waals surface area contributed by atoms with Crippen molar-refractivity contribution < 1.29 is 18.1 Å². The van der Waals surface area contributed by atoms with Gasteiger partial charge in [0.15, 0.2) is 0 Å². The van der Waals surface area contributed by atoms with E-state index in [2.05, 4.69) is 29.6 Å². The van der Waals surface area contributed by atoms with Crippen molar-refractivity contribution in [2.75, 3.05) is 26.2 Å². The summed E-state index contributed by atoms with van der Waals surface area (Å²) in [6.07, 6.45) is 2.77. The molecule has 2 atom stereocenters. The van der Waals surface area contributed by atoms with E-state index in [1.807, 2.05) is 6.07 Å². The van der Waals surface area contributed by atoms with Crippen molar-refractivity contribution in [2.45, 2.75) is 36.7 Å². The molecule has 6 nitrogen and oxygen atoms in total. The number of benzene rings is 2. The summed E-state index contributed by atoms with van der Waals surface area (Å²) in [5, 5.41) is 3.10. The third-order valence-corrected chi connectivity index (χ3v) is 7.75. The van der Waals surface area contributed by atoms with Crippen LogP contribution in [-0.2, 0) is 16.6 Å². The lowest BCUT2D eigenvalue weighted by Gasteiger charge is -2.16. The fraction of sp³-hybridized carbons (Fsp3) is 0.409. The number of nitrogens with zero attached hydrogens (tertiary/aromatic N) is 1. The molecule has 4 rings (SSSR count). The Kier molecular flexibility index (Phi) is 5.99. The molecule has 2 aromatic rings. The summed E-state index contributed by atoms with van der Waals surface area (Å²) in [4.78, 5) is 14.3. The molecule has 2 aliphatic heterocycles. The lowest BCUT2D eigenvalue weighted by Crippen LogP contribution is -3.09. The monoisotopic (exact) mass is 414 g/mol. The predicted molar refractivity (Wildman–Crippen MR) is 111 cm³/mol. The van der Waals surface area contributed by atoms with Gasteiger partial charge in [0.05, 0.1) is 24.0 Å². The molecule has 1 amide bonds. The number of likely N-dealkylation sites (tertiary alicyclic amines) is 1. The SMILES string of the molecule is O=C(N[C@H]1CC[NH+](Cc2ccccc2)C1)c1ccc(S(=O)(=O)N2CCCC2)cc1. The second kappa shape index (κ2) is 8.65. The number of rotatable bonds is 6. The Morgan fingerprint density at radius 1 is 1.03 bits per heavy atom. The number of carbonyl (C=O) groups excluding carboxylic acids is 1. The molecule has 2 aromatic carbocycles. The Bertz CT molecular complexity index is 939. The summed E-state index contributed by atoms with van der Waals surface area (Å²) in [6, 6.07) is 16.9. The van der Waals surface area contributed by atoms with Crippen LogP contribution in [0.3, 0.4) is 0 Å². The number of hydrogen-bond donors (Lipinski definition) is 2. The Labute approximate surface area is 172 Å². The van der Waals surface area contributed by atoms with Gasteiger partial charge in [-0.1, -0.05) is 30.3 Å². The molecule has 0 aromatic heterocycles. The first-order chi connectivity index (χ1) is 14.0. The fourth-order valence-electron chi connectivity index (χ4n) is 4.22. The summed E-state index contributed by atoms with van der Waals surface area (Å²) < 4.78 is 26.7. The number of nitrogens with one attached hydrogen (secondary N) is 2. The Morgan fingerprint density at radius 3 is 2.41 bits per heavy atom. The second-order valence-corrected chi connectivity index (χ2v) is 9.90. The highest BCUT2D eigenvalue weighted by atomic mass is 32.2. The van der Waals surface area contributed by atoms with Gasteiger partial charge in [0, 0.05) is 30.6 Å². The van der Waals surface area contributed by atoms with Crippen molar-refractivity contribution in [3.8, 4) is 0 Å². The molecule has 2 saturated heterocycles. The molecule has 154 valence electrons. The summed E-state index contributed by atoms with van der Waals surface area (Å²) >= 11 is 0. The van der Waals surface area contributed by atoms with Crippen LogP contribution in [0.4, 0.5) is 0 Å². The van der Waals surface area contributed by atoms with Crippen LogP contribution in [0.5, 0.6) is 0 Å². The van der Waals surface area contributed by atoms with Crippen molar-refractivity contribution in [1.29, 1.82) is 0 Å². The molecule has 2 fully saturated rings. The van der Waals surface area contributed by atoms with Crippen molar-refractivity contribution in [2.24, 2.45) is 0 Å². The maximum Gasteiger partial charge on any atom is 0.251 e. The zero-order valence-electron chi connectivity index (χ0n) is 16.5. The van der Waals surface area contributed by atoms with Crippen molar-refractivity contribution in [3.63, 3.8) is 0 Å². The normalized spacial score (nSPS) is 22.6. The van der Waals surface area contributed by atoms with E-state index in [1.165, 1.54) is 14.8 Å². The molecule has 0 aliphatic carbocycles. The van der Waals surface area contributed by atoms with Crippen LogP contribution in [0.25, 0.3) is 0 Å². The van der Waals surface area contributed by atoms with E-state index in [0.29, 0.717) is 18.7 Å². The first-order valence-corrected chi connectivity index (χ1v) is 11.7. The summed E-state index contributed by atoms with van der Waals surface area (Å²) in [6.45, 7) is 4.06. The minimum absolute atomic E-state index is 0.138. The molecule has 29 heavy (non-hydrogen) atoms. The highest BCUT2D eigenvalue weighted by molar-refractivity contribution is 7.89. The van der Waals surface area contributed by atoms with Crippen molar-refractivity contribution in [3.05, 3.63) is 65.7 Å². The maximum atomic E-state index is 12.6. The van der Waals surface area contributed by atoms with Gasteiger partial charge in [-0.15, -0.1) is 0 Å². The number of amides is 1. The molecular formula is C22H28N3O3S+. The molecule has 2 aliphatic rings. The summed E-state index contributed by atoms with van der Waals surface area (Å²) in [5.74, 6) is -0.138. The number of hydrogen-bond acceptors (Lipinski definition) is 3. The number of quaternary nitrogens is 1. The van der Waals surface area contributed by atoms with Crippen LogP contribution < -0.4 is 10.2 Å². The zero-order chi connectivity index (χ0) is 20.3. The quantitative estimate of drug-likeness (QED) is 0.743. The maximum absolute atomic E-state index is 12.6. The topological polar surface area (TPSA) is 70.9 Å². The molecule has 0 spiro atoms. The minimum atomic E-state index is -3.44. The predicted octanol–water partition coefficient (Wildman–Crippen LogP) is 1.06. The summed E-state index contributed by atoms with van der Waals surface area (Å²) in [5.41, 5.74) is 1.81. The van der Waals surface area contributed by atoms with Crippen molar-refractivity contribution >= 4 is 15.9 Å².